The van der Waals surface area contributed by atoms with Crippen LogP contribution in [0.3, 0.4) is 0 Å². The largest absolute Gasteiger partial charge is 0.480 e. The summed E-state index contributed by atoms with van der Waals surface area (Å²) in [5.41, 5.74) is 0. The molecule has 62 valence electrons. The Morgan fingerprint density at radius 1 is 1.67 bits per heavy atom. The first-order chi connectivity index (χ1) is 5.79. The lowest BCUT2D eigenvalue weighted by Crippen LogP contribution is -2.36. The number of ether oxygens (including phenoxy) is 1. The normalized spacial score (nSPS) is 15.4. The topological polar surface area (TPSA) is 62.7 Å². The van der Waals surface area contributed by atoms with Gasteiger partial charge in [-0.15, -0.1) is 0 Å². The third-order valence-corrected chi connectivity index (χ3v) is 1.54. The fourth-order valence-corrected chi connectivity index (χ4v) is 0.973. The molecule has 1 aromatic rings. The molecule has 0 saturated carbocycles. The average molecular weight is 166 g/mol. The van der Waals surface area contributed by atoms with Gasteiger partial charge in [0.15, 0.2) is 12.4 Å². The molecule has 2 rings (SSSR count). The molecule has 5 heteroatoms. The van der Waals surface area contributed by atoms with Gasteiger partial charge in [-0.1, -0.05) is 0 Å². The molecule has 1 N–H and O–H groups in total. The second-order valence-electron chi connectivity index (χ2n) is 2.32. The summed E-state index contributed by atoms with van der Waals surface area (Å²) in [4.78, 5) is 14.6. The van der Waals surface area contributed by atoms with Crippen LogP contribution in [0.1, 0.15) is 0 Å². The van der Waals surface area contributed by atoms with Crippen LogP contribution in [0.2, 0.25) is 0 Å². The van der Waals surface area contributed by atoms with Crippen molar-refractivity contribution in [2.45, 2.75) is 0 Å². The highest BCUT2D eigenvalue weighted by Crippen LogP contribution is 2.26. The van der Waals surface area contributed by atoms with Crippen molar-refractivity contribution < 1.29 is 14.7 Å². The van der Waals surface area contributed by atoms with E-state index in [1.165, 1.54) is 6.20 Å². The van der Waals surface area contributed by atoms with E-state index in [0.717, 1.165) is 0 Å². The summed E-state index contributed by atoms with van der Waals surface area (Å²) in [5.74, 6) is 0.0505. The van der Waals surface area contributed by atoms with Crippen molar-refractivity contribution in [1.82, 2.24) is 4.98 Å². The van der Waals surface area contributed by atoms with Crippen LogP contribution in [0.25, 0.3) is 0 Å². The first-order valence-electron chi connectivity index (χ1n) is 3.38. The Morgan fingerprint density at radius 3 is 3.33 bits per heavy atom. The molecule has 1 amide bonds. The number of amides is 1. The van der Waals surface area contributed by atoms with Crippen LogP contribution < -0.4 is 9.80 Å². The lowest BCUT2D eigenvalue weighted by molar-refractivity contribution is -0.126. The third-order valence-electron chi connectivity index (χ3n) is 1.54. The van der Waals surface area contributed by atoms with Gasteiger partial charge in [0.2, 0.25) is 5.82 Å². The maximum Gasteiger partial charge on any atom is 0.290 e. The van der Waals surface area contributed by atoms with Crippen LogP contribution in [0.15, 0.2) is 18.3 Å². The Kier molecular flexibility index (Phi) is 1.44. The van der Waals surface area contributed by atoms with Crippen LogP contribution in [-0.2, 0) is 4.79 Å². The van der Waals surface area contributed by atoms with Gasteiger partial charge in [0.1, 0.15) is 0 Å². The molecule has 12 heavy (non-hydrogen) atoms. The fourth-order valence-electron chi connectivity index (χ4n) is 0.973. The van der Waals surface area contributed by atoms with Crippen molar-refractivity contribution in [1.29, 1.82) is 0 Å². The quantitative estimate of drug-likeness (QED) is 0.559. The molecular formula is C7H6N2O3. The molecule has 0 unspecified atom stereocenters. The van der Waals surface area contributed by atoms with E-state index in [1.807, 2.05) is 0 Å². The van der Waals surface area contributed by atoms with E-state index in [1.54, 1.807) is 12.1 Å². The standard InChI is InChI=1S/C7H6N2O3/c10-6-4-12-5-2-1-3-8-7(5)9(6)11/h1-3,11H,4H2. The van der Waals surface area contributed by atoms with Gasteiger partial charge in [0, 0.05) is 6.20 Å². The SMILES string of the molecule is O=C1COc2cccnc2N1O. The molecule has 1 aliphatic rings. The Balaban J connectivity index is 2.48. The minimum atomic E-state index is -0.513. The smallest absolute Gasteiger partial charge is 0.290 e. The van der Waals surface area contributed by atoms with Crippen molar-refractivity contribution in [3.63, 3.8) is 0 Å². The summed E-state index contributed by atoms with van der Waals surface area (Å²) >= 11 is 0. The van der Waals surface area contributed by atoms with E-state index in [-0.39, 0.29) is 12.4 Å². The fraction of sp³-hybridized carbons (Fsp3) is 0.143. The van der Waals surface area contributed by atoms with Crippen molar-refractivity contribution in [2.75, 3.05) is 11.7 Å². The molecule has 0 spiro atoms. The number of hydroxylamine groups is 1. The zero-order valence-electron chi connectivity index (χ0n) is 6.10. The number of carbonyl (C=O) groups excluding carboxylic acids is 1. The number of nitrogens with zero attached hydrogens (tertiary/aromatic N) is 2. The number of pyridine rings is 1. The summed E-state index contributed by atoms with van der Waals surface area (Å²) in [6.45, 7) is -0.144. The number of fused-ring (bicyclic) bond motifs is 1. The average Bonchev–Trinajstić information content (AvgIpc) is 2.12. The number of hydrogen-bond acceptors (Lipinski definition) is 4. The summed E-state index contributed by atoms with van der Waals surface area (Å²) < 4.78 is 4.99. The number of carbonyl (C=O) groups is 1. The Labute approximate surface area is 68.2 Å². The van der Waals surface area contributed by atoms with Gasteiger partial charge in [0.05, 0.1) is 0 Å². The number of hydrogen-bond donors (Lipinski definition) is 1. The van der Waals surface area contributed by atoms with Gasteiger partial charge in [-0.05, 0) is 12.1 Å². The molecule has 0 bridgehead atoms. The molecular weight excluding hydrogens is 160 g/mol. The first kappa shape index (κ1) is 7.05. The Morgan fingerprint density at radius 2 is 2.50 bits per heavy atom. The highest BCUT2D eigenvalue weighted by Gasteiger charge is 2.24. The zero-order valence-corrected chi connectivity index (χ0v) is 6.10. The predicted molar refractivity (Wildman–Crippen MR) is 39.0 cm³/mol. The second kappa shape index (κ2) is 2.46. The van der Waals surface area contributed by atoms with E-state index in [9.17, 15) is 10.0 Å². The van der Waals surface area contributed by atoms with E-state index in [4.69, 9.17) is 4.74 Å². The predicted octanol–water partition coefficient (Wildman–Crippen LogP) is 0.196. The van der Waals surface area contributed by atoms with Gasteiger partial charge in [-0.3, -0.25) is 10.0 Å². The molecule has 0 aliphatic carbocycles. The van der Waals surface area contributed by atoms with E-state index in [2.05, 4.69) is 4.98 Å². The number of anilines is 1. The molecule has 0 aromatic carbocycles. The van der Waals surface area contributed by atoms with Gasteiger partial charge in [-0.25, -0.2) is 4.98 Å². The summed E-state index contributed by atoms with van der Waals surface area (Å²) in [6.07, 6.45) is 1.48. The van der Waals surface area contributed by atoms with Crippen LogP contribution in [0.5, 0.6) is 5.75 Å². The summed E-state index contributed by atoms with van der Waals surface area (Å²) in [6, 6.07) is 3.31. The molecule has 0 radical (unpaired) electrons. The van der Waals surface area contributed by atoms with Crippen molar-refractivity contribution in [3.05, 3.63) is 18.3 Å². The number of aromatic nitrogens is 1. The van der Waals surface area contributed by atoms with Crippen LogP contribution in [0.4, 0.5) is 5.82 Å². The highest BCUT2D eigenvalue weighted by atomic mass is 16.5. The summed E-state index contributed by atoms with van der Waals surface area (Å²) in [7, 11) is 0. The Hall–Kier alpha value is -1.62. The molecule has 0 saturated heterocycles. The van der Waals surface area contributed by atoms with Gasteiger partial charge in [0.25, 0.3) is 5.91 Å². The lowest BCUT2D eigenvalue weighted by atomic mass is 10.4. The molecule has 1 aromatic heterocycles. The molecule has 0 fully saturated rings. The van der Waals surface area contributed by atoms with Gasteiger partial charge < -0.3 is 4.74 Å². The lowest BCUT2D eigenvalue weighted by Gasteiger charge is -2.21. The third kappa shape index (κ3) is 0.911. The van der Waals surface area contributed by atoms with Crippen LogP contribution in [-0.4, -0.2) is 22.7 Å². The monoisotopic (exact) mass is 166 g/mol. The zero-order chi connectivity index (χ0) is 8.55. The van der Waals surface area contributed by atoms with Gasteiger partial charge >= 0.3 is 0 Å². The maximum absolute atomic E-state index is 10.9. The Bertz CT molecular complexity index is 326. The highest BCUT2D eigenvalue weighted by molar-refractivity contribution is 5.94. The maximum atomic E-state index is 10.9. The number of rotatable bonds is 0. The second-order valence-corrected chi connectivity index (χ2v) is 2.32. The van der Waals surface area contributed by atoms with Crippen molar-refractivity contribution >= 4 is 11.7 Å². The van der Waals surface area contributed by atoms with E-state index < -0.39 is 5.91 Å². The minimum Gasteiger partial charge on any atom is -0.480 e. The van der Waals surface area contributed by atoms with E-state index >= 15 is 0 Å². The van der Waals surface area contributed by atoms with Crippen LogP contribution in [0, 0.1) is 0 Å². The first-order valence-corrected chi connectivity index (χ1v) is 3.38. The molecule has 1 aliphatic heterocycles. The van der Waals surface area contributed by atoms with Crippen molar-refractivity contribution in [3.8, 4) is 5.75 Å². The van der Waals surface area contributed by atoms with Crippen molar-refractivity contribution in [2.24, 2.45) is 0 Å². The van der Waals surface area contributed by atoms with E-state index in [0.29, 0.717) is 10.8 Å². The summed E-state index contributed by atoms with van der Waals surface area (Å²) in [5, 5.41) is 9.67. The minimum absolute atomic E-state index is 0.144. The van der Waals surface area contributed by atoms with Gasteiger partial charge in [-0.2, -0.15) is 5.06 Å². The molecule has 0 atom stereocenters. The molecule has 5 nitrogen and oxygen atoms in total. The molecule has 2 heterocycles. The van der Waals surface area contributed by atoms with Crippen LogP contribution >= 0.6 is 0 Å².